The van der Waals surface area contributed by atoms with E-state index in [4.69, 9.17) is 27.9 Å². The molecule has 1 aliphatic rings. The second-order valence-electron chi connectivity index (χ2n) is 10.4. The lowest BCUT2D eigenvalue weighted by molar-refractivity contribution is -0.143. The van der Waals surface area contributed by atoms with E-state index in [9.17, 15) is 9.59 Å². The molecule has 1 saturated carbocycles. The second kappa shape index (κ2) is 13.4. The molecule has 0 spiro atoms. The van der Waals surface area contributed by atoms with Crippen molar-refractivity contribution in [1.82, 2.24) is 10.2 Å². The van der Waals surface area contributed by atoms with E-state index in [2.05, 4.69) is 11.4 Å². The Balaban J connectivity index is 1.67. The van der Waals surface area contributed by atoms with Crippen LogP contribution in [0.1, 0.15) is 53.5 Å². The average Bonchev–Trinajstić information content (AvgIpc) is 3.42. The molecule has 2 amide bonds. The van der Waals surface area contributed by atoms with Crippen LogP contribution in [0.2, 0.25) is 10.0 Å². The molecular weight excluding hydrogens is 531 g/mol. The first-order valence-electron chi connectivity index (χ1n) is 13.5. The molecule has 0 aliphatic heterocycles. The Morgan fingerprint density at radius 2 is 1.64 bits per heavy atom. The van der Waals surface area contributed by atoms with Crippen molar-refractivity contribution in [3.8, 4) is 5.75 Å². The predicted octanol–water partition coefficient (Wildman–Crippen LogP) is 7.00. The number of amides is 2. The van der Waals surface area contributed by atoms with E-state index in [-0.39, 0.29) is 31.0 Å². The third-order valence-corrected chi connectivity index (χ3v) is 8.19. The van der Waals surface area contributed by atoms with Gasteiger partial charge in [-0.1, -0.05) is 78.5 Å². The fourth-order valence-electron chi connectivity index (χ4n) is 5.15. The number of nitrogens with zero attached hydrogens (tertiary/aromatic N) is 1. The molecule has 0 unspecified atom stereocenters. The van der Waals surface area contributed by atoms with Gasteiger partial charge in [0.25, 0.3) is 5.91 Å². The minimum Gasteiger partial charge on any atom is -0.483 e. The van der Waals surface area contributed by atoms with Gasteiger partial charge in [-0.2, -0.15) is 0 Å². The van der Waals surface area contributed by atoms with Crippen LogP contribution in [0.4, 0.5) is 0 Å². The van der Waals surface area contributed by atoms with E-state index in [1.54, 1.807) is 23.1 Å². The zero-order chi connectivity index (χ0) is 27.9. The standard InChI is InChI=1S/C32H36Cl2N2O3/c1-21-16-22(2)23(3)30(17-21)39-20-31(37)36(19-26-27(33)14-9-15-28(26)34)29(18-24-10-5-4-6-11-24)32(38)35-25-12-7-8-13-25/h4-6,9-11,14-17,25,29H,7-8,12-13,18-20H2,1-3H3,(H,35,38)/t29-/m1/s1. The van der Waals surface area contributed by atoms with Gasteiger partial charge in [0.1, 0.15) is 11.8 Å². The van der Waals surface area contributed by atoms with E-state index in [0.717, 1.165) is 47.9 Å². The summed E-state index contributed by atoms with van der Waals surface area (Å²) in [7, 11) is 0. The van der Waals surface area contributed by atoms with Crippen LogP contribution in [0.15, 0.2) is 60.7 Å². The molecule has 1 atom stereocenters. The van der Waals surface area contributed by atoms with E-state index < -0.39 is 6.04 Å². The minimum absolute atomic E-state index is 0.0854. The van der Waals surface area contributed by atoms with Gasteiger partial charge in [-0.3, -0.25) is 9.59 Å². The van der Waals surface area contributed by atoms with Gasteiger partial charge in [0.2, 0.25) is 5.91 Å². The highest BCUT2D eigenvalue weighted by Crippen LogP contribution is 2.28. The maximum absolute atomic E-state index is 13.9. The molecule has 7 heteroatoms. The number of halogens is 2. The molecule has 1 fully saturated rings. The lowest BCUT2D eigenvalue weighted by atomic mass is 10.0. The smallest absolute Gasteiger partial charge is 0.261 e. The molecule has 3 aromatic carbocycles. The van der Waals surface area contributed by atoms with E-state index >= 15 is 0 Å². The van der Waals surface area contributed by atoms with Crippen LogP contribution in [0.5, 0.6) is 5.75 Å². The Labute approximate surface area is 241 Å². The summed E-state index contributed by atoms with van der Waals surface area (Å²) in [4.78, 5) is 29.3. The van der Waals surface area contributed by atoms with Crippen LogP contribution < -0.4 is 10.1 Å². The molecule has 206 valence electrons. The summed E-state index contributed by atoms with van der Waals surface area (Å²) in [6.07, 6.45) is 4.44. The molecule has 0 radical (unpaired) electrons. The Morgan fingerprint density at radius 3 is 2.31 bits per heavy atom. The van der Waals surface area contributed by atoms with Crippen molar-refractivity contribution in [1.29, 1.82) is 0 Å². The number of nitrogens with one attached hydrogen (secondary N) is 1. The number of ether oxygens (including phenoxy) is 1. The van der Waals surface area contributed by atoms with Crippen molar-refractivity contribution in [3.63, 3.8) is 0 Å². The Morgan fingerprint density at radius 1 is 0.974 bits per heavy atom. The molecule has 1 aliphatic carbocycles. The topological polar surface area (TPSA) is 58.6 Å². The average molecular weight is 568 g/mol. The van der Waals surface area contributed by atoms with E-state index in [0.29, 0.717) is 27.8 Å². The third-order valence-electron chi connectivity index (χ3n) is 7.48. The highest BCUT2D eigenvalue weighted by molar-refractivity contribution is 6.36. The fourth-order valence-corrected chi connectivity index (χ4v) is 5.67. The van der Waals surface area contributed by atoms with Crippen LogP contribution >= 0.6 is 23.2 Å². The second-order valence-corrected chi connectivity index (χ2v) is 11.2. The molecule has 1 N–H and O–H groups in total. The molecule has 0 bridgehead atoms. The Kier molecular flexibility index (Phi) is 9.93. The third kappa shape index (κ3) is 7.55. The lowest BCUT2D eigenvalue weighted by Gasteiger charge is -2.33. The highest BCUT2D eigenvalue weighted by atomic mass is 35.5. The van der Waals surface area contributed by atoms with Gasteiger partial charge < -0.3 is 15.0 Å². The van der Waals surface area contributed by atoms with Crippen molar-refractivity contribution >= 4 is 35.0 Å². The number of carbonyl (C=O) groups excluding carboxylic acids is 2. The van der Waals surface area contributed by atoms with Gasteiger partial charge in [0.15, 0.2) is 6.61 Å². The van der Waals surface area contributed by atoms with Gasteiger partial charge >= 0.3 is 0 Å². The normalized spacial score (nSPS) is 14.2. The van der Waals surface area contributed by atoms with Crippen LogP contribution in [0.25, 0.3) is 0 Å². The first-order valence-corrected chi connectivity index (χ1v) is 14.3. The number of carbonyl (C=O) groups is 2. The molecule has 0 saturated heterocycles. The molecule has 5 nitrogen and oxygen atoms in total. The molecular formula is C32H36Cl2N2O3. The Bertz CT molecular complexity index is 1290. The van der Waals surface area contributed by atoms with Gasteiger partial charge in [0.05, 0.1) is 0 Å². The summed E-state index contributed by atoms with van der Waals surface area (Å²) in [5.74, 6) is 0.170. The molecule has 39 heavy (non-hydrogen) atoms. The van der Waals surface area contributed by atoms with E-state index in [1.807, 2.05) is 57.2 Å². The van der Waals surface area contributed by atoms with Gasteiger partial charge in [-0.25, -0.2) is 0 Å². The Hall–Kier alpha value is -3.02. The first-order chi connectivity index (χ1) is 18.7. The zero-order valence-corrected chi connectivity index (χ0v) is 24.3. The monoisotopic (exact) mass is 566 g/mol. The van der Waals surface area contributed by atoms with Crippen LogP contribution in [0, 0.1) is 20.8 Å². The SMILES string of the molecule is Cc1cc(C)c(C)c(OCC(=O)N(Cc2c(Cl)cccc2Cl)[C@H](Cc2ccccc2)C(=O)NC2CCCC2)c1. The van der Waals surface area contributed by atoms with Gasteiger partial charge in [0, 0.05) is 34.6 Å². The summed E-state index contributed by atoms with van der Waals surface area (Å²) in [5, 5.41) is 4.10. The maximum atomic E-state index is 13.9. The summed E-state index contributed by atoms with van der Waals surface area (Å²) >= 11 is 13.1. The maximum Gasteiger partial charge on any atom is 0.261 e. The zero-order valence-electron chi connectivity index (χ0n) is 22.8. The minimum atomic E-state index is -0.767. The van der Waals surface area contributed by atoms with Crippen LogP contribution in [-0.2, 0) is 22.6 Å². The van der Waals surface area contributed by atoms with Crippen LogP contribution in [-0.4, -0.2) is 35.4 Å². The van der Waals surface area contributed by atoms with Crippen LogP contribution in [0.3, 0.4) is 0 Å². The van der Waals surface area contributed by atoms with Crippen molar-refractivity contribution in [2.24, 2.45) is 0 Å². The fraction of sp³-hybridized carbons (Fsp3) is 0.375. The number of hydrogen-bond donors (Lipinski definition) is 1. The van der Waals surface area contributed by atoms with Crippen molar-refractivity contribution in [2.75, 3.05) is 6.61 Å². The van der Waals surface area contributed by atoms with E-state index in [1.165, 1.54) is 0 Å². The number of benzene rings is 3. The molecule has 3 aromatic rings. The lowest BCUT2D eigenvalue weighted by Crippen LogP contribution is -2.53. The number of hydrogen-bond acceptors (Lipinski definition) is 3. The summed E-state index contributed by atoms with van der Waals surface area (Å²) in [6.45, 7) is 5.86. The molecule has 0 heterocycles. The van der Waals surface area contributed by atoms with Crippen molar-refractivity contribution < 1.29 is 14.3 Å². The summed E-state index contributed by atoms with van der Waals surface area (Å²) in [5.41, 5.74) is 4.68. The first kappa shape index (κ1) is 29.0. The number of rotatable bonds is 10. The number of aryl methyl sites for hydroxylation is 2. The summed E-state index contributed by atoms with van der Waals surface area (Å²) in [6, 6.07) is 18.4. The highest BCUT2D eigenvalue weighted by Gasteiger charge is 2.33. The predicted molar refractivity (Wildman–Crippen MR) is 157 cm³/mol. The molecule has 4 rings (SSSR count). The van der Waals surface area contributed by atoms with Crippen molar-refractivity contribution in [2.45, 2.75) is 71.5 Å². The quantitative estimate of drug-likeness (QED) is 0.287. The van der Waals surface area contributed by atoms with Gasteiger partial charge in [-0.15, -0.1) is 0 Å². The molecule has 0 aromatic heterocycles. The largest absolute Gasteiger partial charge is 0.483 e. The van der Waals surface area contributed by atoms with Gasteiger partial charge in [-0.05, 0) is 74.1 Å². The van der Waals surface area contributed by atoms with Crippen molar-refractivity contribution in [3.05, 3.63) is 98.5 Å². The summed E-state index contributed by atoms with van der Waals surface area (Å²) < 4.78 is 6.06.